The molecular formula is C53H34N2S. The molecule has 0 saturated heterocycles. The van der Waals surface area contributed by atoms with Gasteiger partial charge in [-0.1, -0.05) is 176 Å². The predicted octanol–water partition coefficient (Wildman–Crippen LogP) is 14.5. The standard InChI is InChI=1S/C53H34N2S/c1-3-48(36-28-30-45-43(31-36)39-19-7-8-22-44(39)53(45)46-23-9-11-25-49(46)56-50-26-12-10-24-47(50)53)54-55-52(33(2)34-15-5-4-6-16-34)37-27-29-38-40-20-13-17-35-18-14-21-41(51(35)40)42(38)32-37/h4-32H,1H2,2H3/b52-33+,55-54?. The molecule has 0 N–H and O–H groups in total. The third-order valence-electron chi connectivity index (χ3n) is 11.9. The average Bonchev–Trinajstić information content (AvgIpc) is 3.73. The number of fused-ring (bicyclic) bond motifs is 12. The Kier molecular flexibility index (Phi) is 7.37. The van der Waals surface area contributed by atoms with Crippen molar-refractivity contribution >= 4 is 39.5 Å². The summed E-state index contributed by atoms with van der Waals surface area (Å²) in [6, 6.07) is 63.7. The van der Waals surface area contributed by atoms with E-state index >= 15 is 0 Å². The highest BCUT2D eigenvalue weighted by Crippen LogP contribution is 2.62. The van der Waals surface area contributed by atoms with Crippen LogP contribution in [0.3, 0.4) is 0 Å². The van der Waals surface area contributed by atoms with Crippen molar-refractivity contribution in [2.45, 2.75) is 22.1 Å². The first-order chi connectivity index (χ1) is 27.6. The van der Waals surface area contributed by atoms with Gasteiger partial charge in [-0.05, 0) is 109 Å². The summed E-state index contributed by atoms with van der Waals surface area (Å²) in [5.41, 5.74) is 20.9. The van der Waals surface area contributed by atoms with Gasteiger partial charge in [-0.15, -0.1) is 10.2 Å². The van der Waals surface area contributed by atoms with Gasteiger partial charge in [-0.2, -0.15) is 0 Å². The van der Waals surface area contributed by atoms with Crippen LogP contribution in [0.4, 0.5) is 0 Å². The van der Waals surface area contributed by atoms with Crippen molar-refractivity contribution in [3.05, 3.63) is 227 Å². The maximum absolute atomic E-state index is 5.08. The van der Waals surface area contributed by atoms with Gasteiger partial charge in [0.05, 0.1) is 11.1 Å². The van der Waals surface area contributed by atoms with Gasteiger partial charge in [0.25, 0.3) is 0 Å². The monoisotopic (exact) mass is 730 g/mol. The van der Waals surface area contributed by atoms with Gasteiger partial charge >= 0.3 is 0 Å². The molecule has 1 spiro atoms. The van der Waals surface area contributed by atoms with Crippen molar-refractivity contribution in [1.29, 1.82) is 0 Å². The molecule has 0 unspecified atom stereocenters. The summed E-state index contributed by atoms with van der Waals surface area (Å²) in [5, 5.41) is 12.6. The Hall–Kier alpha value is -6.77. The molecule has 2 nitrogen and oxygen atoms in total. The van der Waals surface area contributed by atoms with E-state index in [1.165, 1.54) is 76.2 Å². The molecule has 3 heteroatoms. The van der Waals surface area contributed by atoms with Crippen molar-refractivity contribution in [2.75, 3.05) is 0 Å². The lowest BCUT2D eigenvalue weighted by Gasteiger charge is -2.39. The molecule has 56 heavy (non-hydrogen) atoms. The van der Waals surface area contributed by atoms with Gasteiger partial charge < -0.3 is 0 Å². The molecule has 0 fully saturated rings. The van der Waals surface area contributed by atoms with Crippen LogP contribution in [0.1, 0.15) is 45.9 Å². The van der Waals surface area contributed by atoms with Gasteiger partial charge in [0.1, 0.15) is 5.70 Å². The van der Waals surface area contributed by atoms with E-state index in [0.29, 0.717) is 5.70 Å². The minimum Gasteiger partial charge on any atom is -0.149 e. The van der Waals surface area contributed by atoms with Crippen molar-refractivity contribution in [1.82, 2.24) is 0 Å². The van der Waals surface area contributed by atoms with Crippen LogP contribution in [0, 0.1) is 0 Å². The van der Waals surface area contributed by atoms with Crippen LogP contribution in [0.25, 0.3) is 61.1 Å². The summed E-state index contributed by atoms with van der Waals surface area (Å²) >= 11 is 1.86. The molecule has 1 heterocycles. The van der Waals surface area contributed by atoms with E-state index in [2.05, 4.69) is 189 Å². The van der Waals surface area contributed by atoms with Crippen molar-refractivity contribution in [3.63, 3.8) is 0 Å². The van der Waals surface area contributed by atoms with Crippen LogP contribution in [0.5, 0.6) is 0 Å². The van der Waals surface area contributed by atoms with E-state index in [4.69, 9.17) is 10.2 Å². The smallest absolute Gasteiger partial charge is 0.134 e. The number of azo groups is 1. The molecule has 0 atom stereocenters. The largest absolute Gasteiger partial charge is 0.149 e. The minimum atomic E-state index is -0.428. The highest BCUT2D eigenvalue weighted by molar-refractivity contribution is 7.99. The minimum absolute atomic E-state index is 0.428. The molecule has 3 aliphatic rings. The second-order valence-electron chi connectivity index (χ2n) is 14.7. The lowest BCUT2D eigenvalue weighted by Crippen LogP contribution is -2.31. The molecule has 0 saturated carbocycles. The van der Waals surface area contributed by atoms with Gasteiger partial charge in [-0.3, -0.25) is 0 Å². The number of allylic oxidation sites excluding steroid dienone is 1. The molecule has 0 amide bonds. The highest BCUT2D eigenvalue weighted by atomic mass is 32.2. The van der Waals surface area contributed by atoms with Crippen LogP contribution in [-0.4, -0.2) is 0 Å². The third-order valence-corrected chi connectivity index (χ3v) is 13.0. The molecule has 2 aliphatic carbocycles. The van der Waals surface area contributed by atoms with E-state index < -0.39 is 5.41 Å². The molecule has 0 aromatic heterocycles. The first-order valence-electron chi connectivity index (χ1n) is 19.0. The second kappa shape index (κ2) is 12.6. The molecular weight excluding hydrogens is 697 g/mol. The zero-order chi connectivity index (χ0) is 37.4. The zero-order valence-electron chi connectivity index (χ0n) is 30.8. The molecule has 262 valence electrons. The number of rotatable bonds is 5. The Labute approximate surface area is 330 Å². The number of hydrogen-bond donors (Lipinski definition) is 0. The predicted molar refractivity (Wildman–Crippen MR) is 233 cm³/mol. The second-order valence-corrected chi connectivity index (χ2v) is 15.8. The summed E-state index contributed by atoms with van der Waals surface area (Å²) in [7, 11) is 0. The maximum Gasteiger partial charge on any atom is 0.134 e. The van der Waals surface area contributed by atoms with Crippen molar-refractivity contribution < 1.29 is 0 Å². The van der Waals surface area contributed by atoms with Crippen LogP contribution in [0.15, 0.2) is 208 Å². The molecule has 8 aromatic rings. The van der Waals surface area contributed by atoms with E-state index in [9.17, 15) is 0 Å². The Morgan fingerprint density at radius 3 is 1.80 bits per heavy atom. The summed E-state index contributed by atoms with van der Waals surface area (Å²) < 4.78 is 0. The van der Waals surface area contributed by atoms with Gasteiger partial charge in [-0.25, -0.2) is 0 Å². The Balaban J connectivity index is 1.05. The van der Waals surface area contributed by atoms with Gasteiger partial charge in [0.2, 0.25) is 0 Å². The number of benzene rings is 8. The quantitative estimate of drug-likeness (QED) is 0.0983. The third kappa shape index (κ3) is 4.66. The fourth-order valence-electron chi connectivity index (χ4n) is 9.41. The van der Waals surface area contributed by atoms with Crippen molar-refractivity contribution in [3.8, 4) is 33.4 Å². The van der Waals surface area contributed by atoms with Gasteiger partial charge in [0.15, 0.2) is 0 Å². The summed E-state index contributed by atoms with van der Waals surface area (Å²) in [6.07, 6.45) is 0. The van der Waals surface area contributed by atoms with E-state index in [0.717, 1.165) is 28.0 Å². The number of hydrogen-bond acceptors (Lipinski definition) is 3. The SMILES string of the molecule is C=C=C(N=N/C(=C(\C)c1ccccc1)c1ccc2c(c1)-c1cccc3cccc-2c13)c1ccc2c(c1)-c1ccccc1C21c2ccccc2Sc2ccccc21. The molecule has 1 aliphatic heterocycles. The summed E-state index contributed by atoms with van der Waals surface area (Å²) in [5.74, 6) is 0. The normalized spacial score (nSPS) is 14.1. The lowest BCUT2D eigenvalue weighted by molar-refractivity contribution is 0.722. The molecule has 0 radical (unpaired) electrons. The summed E-state index contributed by atoms with van der Waals surface area (Å²) in [4.78, 5) is 2.58. The average molecular weight is 731 g/mol. The van der Waals surface area contributed by atoms with Crippen LogP contribution in [-0.2, 0) is 5.41 Å². The Bertz CT molecular complexity index is 3020. The fourth-order valence-corrected chi connectivity index (χ4v) is 10.6. The first-order valence-corrected chi connectivity index (χ1v) is 19.8. The molecule has 0 bridgehead atoms. The number of nitrogens with zero attached hydrogens (tertiary/aromatic N) is 2. The topological polar surface area (TPSA) is 24.7 Å². The lowest BCUT2D eigenvalue weighted by atomic mass is 9.67. The highest BCUT2D eigenvalue weighted by Gasteiger charge is 2.50. The molecule has 8 aromatic carbocycles. The Morgan fingerprint density at radius 1 is 0.482 bits per heavy atom. The van der Waals surface area contributed by atoms with E-state index in [-0.39, 0.29) is 0 Å². The van der Waals surface area contributed by atoms with E-state index in [1.807, 2.05) is 17.8 Å². The molecule has 11 rings (SSSR count). The zero-order valence-corrected chi connectivity index (χ0v) is 31.6. The van der Waals surface area contributed by atoms with Crippen LogP contribution in [0.2, 0.25) is 0 Å². The van der Waals surface area contributed by atoms with E-state index in [1.54, 1.807) is 0 Å². The maximum atomic E-state index is 5.08. The van der Waals surface area contributed by atoms with Crippen molar-refractivity contribution in [2.24, 2.45) is 10.2 Å². The first kappa shape index (κ1) is 32.6. The Morgan fingerprint density at radius 2 is 1.07 bits per heavy atom. The van der Waals surface area contributed by atoms with Crippen LogP contribution >= 0.6 is 11.8 Å². The fraction of sp³-hybridized carbons (Fsp3) is 0.0377. The summed E-state index contributed by atoms with van der Waals surface area (Å²) in [6.45, 7) is 6.26. The van der Waals surface area contributed by atoms with Crippen LogP contribution < -0.4 is 0 Å². The van der Waals surface area contributed by atoms with Gasteiger partial charge in [0, 0.05) is 20.9 Å².